The molecule has 26 heavy (non-hydrogen) atoms. The van der Waals surface area contributed by atoms with Crippen LogP contribution in [0.1, 0.15) is 39.4 Å². The van der Waals surface area contributed by atoms with Crippen LogP contribution in [0.25, 0.3) is 11.0 Å². The number of carbonyl (C=O) groups is 2. The van der Waals surface area contributed by atoms with Gasteiger partial charge in [-0.25, -0.2) is 4.98 Å². The maximum absolute atomic E-state index is 12.7. The molecule has 1 aliphatic heterocycles. The summed E-state index contributed by atoms with van der Waals surface area (Å²) in [4.78, 5) is 37.8. The zero-order valence-corrected chi connectivity index (χ0v) is 15.5. The minimum atomic E-state index is -0.788. The molecule has 7 nitrogen and oxygen atoms in total. The molecule has 1 amide bonds. The molecule has 0 aromatic carbocycles. The first kappa shape index (κ1) is 18.4. The molecule has 1 fully saturated rings. The molecule has 0 aliphatic carbocycles. The minimum Gasteiger partial charge on any atom is -0.481 e. The lowest BCUT2D eigenvalue weighted by molar-refractivity contribution is -0.143. The van der Waals surface area contributed by atoms with E-state index >= 15 is 0 Å². The fourth-order valence-electron chi connectivity index (χ4n) is 3.72. The molecular weight excluding hydrogens is 332 g/mol. The zero-order valence-electron chi connectivity index (χ0n) is 15.5. The van der Waals surface area contributed by atoms with Crippen LogP contribution in [0, 0.1) is 17.3 Å². The number of piperidine rings is 1. The largest absolute Gasteiger partial charge is 0.481 e. The highest BCUT2D eigenvalue weighted by atomic mass is 16.4. The lowest BCUT2D eigenvalue weighted by atomic mass is 9.80. The van der Waals surface area contributed by atoms with Gasteiger partial charge in [0.1, 0.15) is 5.82 Å². The van der Waals surface area contributed by atoms with E-state index in [-0.39, 0.29) is 24.2 Å². The van der Waals surface area contributed by atoms with Crippen molar-refractivity contribution < 1.29 is 14.7 Å². The molecule has 3 heterocycles. The van der Waals surface area contributed by atoms with E-state index in [1.165, 1.54) is 0 Å². The monoisotopic (exact) mass is 358 g/mol. The van der Waals surface area contributed by atoms with Crippen molar-refractivity contribution >= 4 is 22.9 Å². The van der Waals surface area contributed by atoms with Gasteiger partial charge in [-0.05, 0) is 24.3 Å². The van der Waals surface area contributed by atoms with E-state index in [1.54, 1.807) is 12.4 Å². The Morgan fingerprint density at radius 2 is 2.12 bits per heavy atom. The number of likely N-dealkylation sites (tertiary alicyclic amines) is 1. The number of carboxylic acid groups (broad SMARTS) is 1. The first-order valence-electron chi connectivity index (χ1n) is 9.04. The molecule has 2 N–H and O–H groups in total. The lowest BCUT2D eigenvalue weighted by Gasteiger charge is -2.40. The number of aromatic nitrogens is 3. The number of aliphatic carboxylic acids is 1. The number of H-pyrrole nitrogens is 1. The lowest BCUT2D eigenvalue weighted by Crippen LogP contribution is -2.48. The van der Waals surface area contributed by atoms with Crippen LogP contribution in [0.2, 0.25) is 0 Å². The normalized spacial score (nSPS) is 21.1. The minimum absolute atomic E-state index is 0.0443. The molecule has 140 valence electrons. The molecule has 2 atom stereocenters. The summed E-state index contributed by atoms with van der Waals surface area (Å²) in [5.41, 5.74) is 1.29. The number of pyridine rings is 1. The first-order chi connectivity index (χ1) is 12.2. The van der Waals surface area contributed by atoms with E-state index in [4.69, 9.17) is 0 Å². The van der Waals surface area contributed by atoms with Gasteiger partial charge in [0.05, 0.1) is 17.2 Å². The Balaban J connectivity index is 1.80. The Hall–Kier alpha value is -2.44. The molecule has 0 saturated carbocycles. The number of imidazole rings is 1. The van der Waals surface area contributed by atoms with Crippen molar-refractivity contribution in [3.8, 4) is 0 Å². The maximum atomic E-state index is 12.7. The number of nitrogens with one attached hydrogen (secondary N) is 1. The maximum Gasteiger partial charge on any atom is 0.303 e. The number of nitrogens with zero attached hydrogens (tertiary/aromatic N) is 3. The Morgan fingerprint density at radius 1 is 1.35 bits per heavy atom. The topological polar surface area (TPSA) is 99.2 Å². The van der Waals surface area contributed by atoms with Crippen molar-refractivity contribution in [3.05, 3.63) is 24.3 Å². The second kappa shape index (κ2) is 7.05. The van der Waals surface area contributed by atoms with Crippen LogP contribution in [0.5, 0.6) is 0 Å². The summed E-state index contributed by atoms with van der Waals surface area (Å²) in [6.45, 7) is 6.94. The van der Waals surface area contributed by atoms with Gasteiger partial charge in [-0.1, -0.05) is 20.8 Å². The Kier molecular flexibility index (Phi) is 4.98. The second-order valence-electron chi connectivity index (χ2n) is 8.19. The molecule has 0 radical (unpaired) electrons. The SMILES string of the molecule is CC(C)(C)C(=O)N1CCC(CC(=O)O)C(Cc2nc3ccncc3[nH]2)C1. The fraction of sp³-hybridized carbons (Fsp3) is 0.579. The highest BCUT2D eigenvalue weighted by Crippen LogP contribution is 2.31. The zero-order chi connectivity index (χ0) is 18.9. The molecule has 1 saturated heterocycles. The summed E-state index contributed by atoms with van der Waals surface area (Å²) in [7, 11) is 0. The van der Waals surface area contributed by atoms with Gasteiger partial charge in [0.15, 0.2) is 0 Å². The van der Waals surface area contributed by atoms with E-state index in [0.29, 0.717) is 25.9 Å². The van der Waals surface area contributed by atoms with Gasteiger partial charge in [0.25, 0.3) is 0 Å². The fourth-order valence-corrected chi connectivity index (χ4v) is 3.72. The van der Waals surface area contributed by atoms with Gasteiger partial charge in [0, 0.05) is 37.5 Å². The third-order valence-electron chi connectivity index (χ3n) is 5.04. The number of aromatic amines is 1. The summed E-state index contributed by atoms with van der Waals surface area (Å²) >= 11 is 0. The quantitative estimate of drug-likeness (QED) is 0.875. The summed E-state index contributed by atoms with van der Waals surface area (Å²) in [6, 6.07) is 1.85. The summed E-state index contributed by atoms with van der Waals surface area (Å²) in [5, 5.41) is 9.26. The number of carbonyl (C=O) groups excluding carboxylic acids is 1. The van der Waals surface area contributed by atoms with E-state index in [9.17, 15) is 14.7 Å². The predicted octanol–water partition coefficient (Wildman–Crippen LogP) is 2.49. The third kappa shape index (κ3) is 4.03. The molecule has 3 rings (SSSR count). The van der Waals surface area contributed by atoms with Crippen LogP contribution in [0.3, 0.4) is 0 Å². The van der Waals surface area contributed by atoms with Crippen molar-refractivity contribution in [2.24, 2.45) is 17.3 Å². The third-order valence-corrected chi connectivity index (χ3v) is 5.04. The summed E-state index contributed by atoms with van der Waals surface area (Å²) in [5.74, 6) is 0.260. The van der Waals surface area contributed by atoms with Crippen molar-refractivity contribution in [2.45, 2.75) is 40.0 Å². The van der Waals surface area contributed by atoms with Gasteiger partial charge >= 0.3 is 5.97 Å². The summed E-state index contributed by atoms with van der Waals surface area (Å²) in [6.07, 6.45) is 4.90. The van der Waals surface area contributed by atoms with Crippen LogP contribution in [0.4, 0.5) is 0 Å². The molecule has 0 bridgehead atoms. The average Bonchev–Trinajstić information content (AvgIpc) is 2.96. The van der Waals surface area contributed by atoms with Crippen LogP contribution >= 0.6 is 0 Å². The van der Waals surface area contributed by atoms with Gasteiger partial charge in [0.2, 0.25) is 5.91 Å². The van der Waals surface area contributed by atoms with Gasteiger partial charge in [-0.2, -0.15) is 0 Å². The Morgan fingerprint density at radius 3 is 2.77 bits per heavy atom. The molecule has 2 aromatic heterocycles. The van der Waals surface area contributed by atoms with E-state index in [2.05, 4.69) is 15.0 Å². The molecule has 2 aromatic rings. The standard InChI is InChI=1S/C19H26N4O3/c1-19(2,3)18(26)23-7-5-12(9-17(24)25)13(11-23)8-16-21-14-4-6-20-10-15(14)22-16/h4,6,10,12-13H,5,7-9,11H2,1-3H3,(H,21,22)(H,24,25). The molecule has 1 aliphatic rings. The van der Waals surface area contributed by atoms with E-state index in [1.807, 2.05) is 31.7 Å². The van der Waals surface area contributed by atoms with Gasteiger partial charge in [-0.15, -0.1) is 0 Å². The van der Waals surface area contributed by atoms with Gasteiger partial charge in [-0.3, -0.25) is 14.6 Å². The highest BCUT2D eigenvalue weighted by molar-refractivity contribution is 5.81. The number of carboxylic acids is 1. The number of rotatable bonds is 4. The number of fused-ring (bicyclic) bond motifs is 1. The molecule has 2 unspecified atom stereocenters. The van der Waals surface area contributed by atoms with Crippen LogP contribution in [-0.2, 0) is 16.0 Å². The van der Waals surface area contributed by atoms with E-state index < -0.39 is 11.4 Å². The van der Waals surface area contributed by atoms with Crippen LogP contribution < -0.4 is 0 Å². The number of hydrogen-bond acceptors (Lipinski definition) is 4. The molecule has 7 heteroatoms. The Bertz CT molecular complexity index is 775. The smallest absolute Gasteiger partial charge is 0.303 e. The Labute approximate surface area is 152 Å². The van der Waals surface area contributed by atoms with Crippen molar-refractivity contribution in [3.63, 3.8) is 0 Å². The van der Waals surface area contributed by atoms with Crippen LogP contribution in [-0.4, -0.2) is 49.9 Å². The predicted molar refractivity (Wildman–Crippen MR) is 97.5 cm³/mol. The first-order valence-corrected chi connectivity index (χ1v) is 9.04. The molecule has 0 spiro atoms. The highest BCUT2D eigenvalue weighted by Gasteiger charge is 2.36. The van der Waals surface area contributed by atoms with Crippen molar-refractivity contribution in [2.75, 3.05) is 13.1 Å². The second-order valence-corrected chi connectivity index (χ2v) is 8.19. The number of amides is 1. The number of hydrogen-bond donors (Lipinski definition) is 2. The average molecular weight is 358 g/mol. The molecular formula is C19H26N4O3. The van der Waals surface area contributed by atoms with Crippen LogP contribution in [0.15, 0.2) is 18.5 Å². The van der Waals surface area contributed by atoms with Gasteiger partial charge < -0.3 is 15.0 Å². The summed E-state index contributed by atoms with van der Waals surface area (Å²) < 4.78 is 0. The van der Waals surface area contributed by atoms with E-state index in [0.717, 1.165) is 16.9 Å². The van der Waals surface area contributed by atoms with Crippen molar-refractivity contribution in [1.82, 2.24) is 19.9 Å². The van der Waals surface area contributed by atoms with Crippen molar-refractivity contribution in [1.29, 1.82) is 0 Å².